The molecule has 2 aliphatic carbocycles. The zero-order chi connectivity index (χ0) is 23.4. The standard InChI is InChI=1S/C27H38O5/c1-19(23(28)15-17-26(2,3)31-18-30-5)21-13-14-22-24(12-9-16-27(21,22)4)32-25(29)20-10-7-6-8-11-20/h6-8,10-11,19,21-24,28H,9,12-14,16,18H2,1-5H3/t19-,21?,22?,23-,24?,27+/m0/s1. The quantitative estimate of drug-likeness (QED) is 0.372. The largest absolute Gasteiger partial charge is 0.458 e. The molecule has 1 aromatic rings. The first-order chi connectivity index (χ1) is 15.2. The molecule has 2 saturated carbocycles. The Bertz CT molecular complexity index is 823. The van der Waals surface area contributed by atoms with E-state index in [0.29, 0.717) is 17.4 Å². The number of methoxy groups -OCH3 is 1. The van der Waals surface area contributed by atoms with Gasteiger partial charge in [-0.1, -0.05) is 43.9 Å². The number of ether oxygens (including phenoxy) is 3. The summed E-state index contributed by atoms with van der Waals surface area (Å²) in [5, 5.41) is 10.9. The Labute approximate surface area is 192 Å². The van der Waals surface area contributed by atoms with E-state index in [2.05, 4.69) is 25.7 Å². The fourth-order valence-electron chi connectivity index (χ4n) is 5.79. The summed E-state index contributed by atoms with van der Waals surface area (Å²) in [4.78, 5) is 12.7. The maximum absolute atomic E-state index is 12.7. The van der Waals surface area contributed by atoms with Crippen molar-refractivity contribution < 1.29 is 24.1 Å². The molecule has 1 aromatic carbocycles. The van der Waals surface area contributed by atoms with Gasteiger partial charge in [-0.2, -0.15) is 0 Å². The maximum atomic E-state index is 12.7. The zero-order valence-electron chi connectivity index (χ0n) is 20.1. The van der Waals surface area contributed by atoms with E-state index in [4.69, 9.17) is 14.2 Å². The van der Waals surface area contributed by atoms with Crippen molar-refractivity contribution >= 4 is 5.97 Å². The van der Waals surface area contributed by atoms with E-state index >= 15 is 0 Å². The van der Waals surface area contributed by atoms with Crippen LogP contribution < -0.4 is 0 Å². The predicted octanol–water partition coefficient (Wildman–Crippen LogP) is 4.83. The molecule has 0 spiro atoms. The molecule has 32 heavy (non-hydrogen) atoms. The van der Waals surface area contributed by atoms with Gasteiger partial charge in [0.25, 0.3) is 0 Å². The molecule has 3 unspecified atom stereocenters. The van der Waals surface area contributed by atoms with Gasteiger partial charge >= 0.3 is 5.97 Å². The minimum atomic E-state index is -0.728. The molecule has 0 saturated heterocycles. The van der Waals surface area contributed by atoms with Crippen LogP contribution in [0.2, 0.25) is 0 Å². The van der Waals surface area contributed by atoms with E-state index in [1.165, 1.54) is 0 Å². The summed E-state index contributed by atoms with van der Waals surface area (Å²) in [6.45, 7) is 8.32. The summed E-state index contributed by atoms with van der Waals surface area (Å²) in [6.07, 6.45) is 4.27. The third-order valence-electron chi connectivity index (χ3n) is 7.59. The molecular weight excluding hydrogens is 404 g/mol. The van der Waals surface area contributed by atoms with Crippen molar-refractivity contribution in [2.45, 2.75) is 77.6 Å². The fraction of sp³-hybridized carbons (Fsp3) is 0.667. The van der Waals surface area contributed by atoms with E-state index in [1.54, 1.807) is 19.2 Å². The molecule has 1 N–H and O–H groups in total. The minimum absolute atomic E-state index is 0.0271. The van der Waals surface area contributed by atoms with Crippen molar-refractivity contribution in [1.82, 2.24) is 0 Å². The van der Waals surface area contributed by atoms with E-state index in [-0.39, 0.29) is 30.2 Å². The molecule has 0 aliphatic heterocycles. The van der Waals surface area contributed by atoms with Gasteiger partial charge in [0.2, 0.25) is 0 Å². The van der Waals surface area contributed by atoms with E-state index in [0.717, 1.165) is 32.1 Å². The second-order valence-corrected chi connectivity index (χ2v) is 10.1. The number of hydrogen-bond donors (Lipinski definition) is 1. The van der Waals surface area contributed by atoms with Crippen molar-refractivity contribution in [3.63, 3.8) is 0 Å². The molecule has 2 fully saturated rings. The number of aliphatic hydroxyl groups excluding tert-OH is 1. The number of benzene rings is 1. The van der Waals surface area contributed by atoms with E-state index < -0.39 is 11.7 Å². The van der Waals surface area contributed by atoms with Gasteiger partial charge in [-0.05, 0) is 75.3 Å². The van der Waals surface area contributed by atoms with Gasteiger partial charge in [0.05, 0.1) is 5.56 Å². The van der Waals surface area contributed by atoms with Crippen LogP contribution in [0.15, 0.2) is 30.3 Å². The van der Waals surface area contributed by atoms with Crippen molar-refractivity contribution in [2.75, 3.05) is 13.9 Å². The van der Waals surface area contributed by atoms with Crippen molar-refractivity contribution in [1.29, 1.82) is 0 Å². The van der Waals surface area contributed by atoms with Gasteiger partial charge in [-0.25, -0.2) is 4.79 Å². The van der Waals surface area contributed by atoms with Gasteiger partial charge in [0, 0.05) is 13.0 Å². The third kappa shape index (κ3) is 5.54. The first-order valence-corrected chi connectivity index (χ1v) is 11.8. The van der Waals surface area contributed by atoms with Crippen LogP contribution in [0.4, 0.5) is 0 Å². The average Bonchev–Trinajstić information content (AvgIpc) is 3.14. The molecule has 0 heterocycles. The van der Waals surface area contributed by atoms with E-state index in [1.807, 2.05) is 32.0 Å². The minimum Gasteiger partial charge on any atom is -0.458 e. The van der Waals surface area contributed by atoms with Crippen LogP contribution in [0.1, 0.15) is 70.2 Å². The molecule has 2 aliphatic rings. The van der Waals surface area contributed by atoms with Crippen LogP contribution in [-0.4, -0.2) is 42.8 Å². The Hall–Kier alpha value is -1.87. The highest BCUT2D eigenvalue weighted by atomic mass is 16.7. The Kier molecular flexibility index (Phi) is 8.03. The van der Waals surface area contributed by atoms with Crippen molar-refractivity contribution in [3.05, 3.63) is 35.9 Å². The van der Waals surface area contributed by atoms with Gasteiger partial charge in [0.1, 0.15) is 24.6 Å². The molecule has 0 bridgehead atoms. The van der Waals surface area contributed by atoms with Gasteiger partial charge < -0.3 is 19.3 Å². The summed E-state index contributed by atoms with van der Waals surface area (Å²) in [5.41, 5.74) is -0.0450. The van der Waals surface area contributed by atoms with Crippen LogP contribution in [-0.2, 0) is 14.2 Å². The summed E-state index contributed by atoms with van der Waals surface area (Å²) in [7, 11) is 1.58. The van der Waals surface area contributed by atoms with E-state index in [9.17, 15) is 9.90 Å². The normalized spacial score (nSPS) is 29.4. The number of esters is 1. The molecule has 5 nitrogen and oxygen atoms in total. The lowest BCUT2D eigenvalue weighted by atomic mass is 9.61. The average molecular weight is 443 g/mol. The summed E-state index contributed by atoms with van der Waals surface area (Å²) in [6, 6.07) is 9.22. The van der Waals surface area contributed by atoms with Crippen LogP contribution in [0.25, 0.3) is 0 Å². The molecule has 0 amide bonds. The van der Waals surface area contributed by atoms with Crippen LogP contribution in [0.5, 0.6) is 0 Å². The van der Waals surface area contributed by atoms with Crippen LogP contribution in [0, 0.1) is 35.0 Å². The highest BCUT2D eigenvalue weighted by Crippen LogP contribution is 2.58. The van der Waals surface area contributed by atoms with Gasteiger partial charge in [-0.15, -0.1) is 0 Å². The maximum Gasteiger partial charge on any atom is 0.338 e. The number of fused-ring (bicyclic) bond motifs is 1. The van der Waals surface area contributed by atoms with Crippen LogP contribution in [0.3, 0.4) is 0 Å². The predicted molar refractivity (Wildman–Crippen MR) is 124 cm³/mol. The Balaban J connectivity index is 1.68. The SMILES string of the molecule is COCOC(C)(C)C#C[C@H](O)[C@@H](C)C1CCC2C(OC(=O)c3ccccc3)CCC[C@@]21C. The molecule has 5 heteroatoms. The molecule has 6 atom stereocenters. The highest BCUT2D eigenvalue weighted by Gasteiger charge is 2.54. The van der Waals surface area contributed by atoms with Crippen molar-refractivity contribution in [3.8, 4) is 11.8 Å². The first kappa shape index (κ1) is 24.8. The molecule has 0 radical (unpaired) electrons. The lowest BCUT2D eigenvalue weighted by molar-refractivity contribution is -0.0879. The molecule has 176 valence electrons. The molecular formula is C27H38O5. The topological polar surface area (TPSA) is 65.0 Å². The van der Waals surface area contributed by atoms with Crippen LogP contribution >= 0.6 is 0 Å². The van der Waals surface area contributed by atoms with Crippen molar-refractivity contribution in [2.24, 2.45) is 23.2 Å². The Morgan fingerprint density at radius 1 is 1.25 bits per heavy atom. The number of rotatable bonds is 7. The fourth-order valence-corrected chi connectivity index (χ4v) is 5.79. The summed E-state index contributed by atoms with van der Waals surface area (Å²) < 4.78 is 16.6. The lowest BCUT2D eigenvalue weighted by Crippen LogP contribution is -2.44. The highest BCUT2D eigenvalue weighted by molar-refractivity contribution is 5.89. The number of aliphatic hydroxyl groups is 1. The van der Waals surface area contributed by atoms with Gasteiger partial charge in [0.15, 0.2) is 0 Å². The molecule has 3 rings (SSSR count). The Morgan fingerprint density at radius 3 is 2.66 bits per heavy atom. The first-order valence-electron chi connectivity index (χ1n) is 11.8. The van der Waals surface area contributed by atoms with Gasteiger partial charge in [-0.3, -0.25) is 0 Å². The number of carbonyl (C=O) groups is 1. The lowest BCUT2D eigenvalue weighted by Gasteiger charge is -2.46. The third-order valence-corrected chi connectivity index (χ3v) is 7.59. The monoisotopic (exact) mass is 442 g/mol. The summed E-state index contributed by atoms with van der Waals surface area (Å²) >= 11 is 0. The second kappa shape index (κ2) is 10.4. The Morgan fingerprint density at radius 2 is 1.97 bits per heavy atom. The smallest absolute Gasteiger partial charge is 0.338 e. The zero-order valence-corrected chi connectivity index (χ0v) is 20.1. The number of carbonyl (C=O) groups excluding carboxylic acids is 1. The molecule has 0 aromatic heterocycles. The second-order valence-electron chi connectivity index (χ2n) is 10.1. The summed E-state index contributed by atoms with van der Waals surface area (Å²) in [5.74, 6) is 6.53. The number of hydrogen-bond acceptors (Lipinski definition) is 5.